The molecule has 0 unspecified atom stereocenters. The van der Waals surface area contributed by atoms with E-state index in [4.69, 9.17) is 0 Å². The molecule has 0 aliphatic carbocycles. The van der Waals surface area contributed by atoms with Gasteiger partial charge in [-0.1, -0.05) is 18.2 Å². The molecule has 0 saturated heterocycles. The van der Waals surface area contributed by atoms with Crippen LogP contribution < -0.4 is 5.32 Å². The lowest BCUT2D eigenvalue weighted by Crippen LogP contribution is -2.24. The fourth-order valence-corrected chi connectivity index (χ4v) is 2.12. The Hall–Kier alpha value is -3.22. The van der Waals surface area contributed by atoms with Gasteiger partial charge >= 0.3 is 0 Å². The Bertz CT molecular complexity index is 794. The van der Waals surface area contributed by atoms with Gasteiger partial charge in [0.15, 0.2) is 0 Å². The van der Waals surface area contributed by atoms with Gasteiger partial charge in [0, 0.05) is 17.8 Å². The van der Waals surface area contributed by atoms with Crippen molar-refractivity contribution in [3.63, 3.8) is 0 Å². The van der Waals surface area contributed by atoms with E-state index >= 15 is 0 Å². The van der Waals surface area contributed by atoms with Crippen LogP contribution in [0.1, 0.15) is 21.5 Å². The highest BCUT2D eigenvalue weighted by atomic mass is 16.6. The molecule has 7 nitrogen and oxygen atoms in total. The van der Waals surface area contributed by atoms with Crippen molar-refractivity contribution < 1.29 is 19.6 Å². The smallest absolute Gasteiger partial charge is 0.296 e. The minimum Gasteiger partial charge on any atom is -0.507 e. The van der Waals surface area contributed by atoms with E-state index in [-0.39, 0.29) is 5.69 Å². The van der Waals surface area contributed by atoms with Gasteiger partial charge in [-0.05, 0) is 31.0 Å². The molecule has 2 N–H and O–H groups in total. The van der Waals surface area contributed by atoms with Gasteiger partial charge in [-0.2, -0.15) is 0 Å². The predicted octanol–water partition coefficient (Wildman–Crippen LogP) is 2.74. The fraction of sp³-hybridized carbons (Fsp3) is 0.125. The first-order valence-electron chi connectivity index (χ1n) is 6.70. The molecule has 2 aromatic rings. The second-order valence-electron chi connectivity index (χ2n) is 5.01. The largest absolute Gasteiger partial charge is 0.507 e. The quantitative estimate of drug-likeness (QED) is 0.390. The van der Waals surface area contributed by atoms with E-state index in [9.17, 15) is 24.8 Å². The number of carbonyl (C=O) groups is 2. The number of hydrogen-bond donors (Lipinski definition) is 2. The number of nitrogens with one attached hydrogen (secondary N) is 1. The number of aryl methyl sites for hydroxylation is 2. The van der Waals surface area contributed by atoms with Crippen LogP contribution in [0.25, 0.3) is 0 Å². The molecule has 0 atom stereocenters. The summed E-state index contributed by atoms with van der Waals surface area (Å²) >= 11 is 0. The van der Waals surface area contributed by atoms with E-state index in [2.05, 4.69) is 5.32 Å². The fourth-order valence-electron chi connectivity index (χ4n) is 2.12. The van der Waals surface area contributed by atoms with E-state index in [1.54, 1.807) is 26.0 Å². The molecule has 2 rings (SSSR count). The number of phenols is 1. The van der Waals surface area contributed by atoms with E-state index < -0.39 is 27.9 Å². The van der Waals surface area contributed by atoms with Gasteiger partial charge in [0.1, 0.15) is 5.75 Å². The number of aromatic hydroxyl groups is 1. The van der Waals surface area contributed by atoms with Crippen LogP contribution in [0.15, 0.2) is 36.4 Å². The normalized spacial score (nSPS) is 10.2. The lowest BCUT2D eigenvalue weighted by molar-refractivity contribution is -0.384. The van der Waals surface area contributed by atoms with Crippen LogP contribution in [0.3, 0.4) is 0 Å². The zero-order chi connectivity index (χ0) is 17.1. The molecule has 0 fully saturated rings. The van der Waals surface area contributed by atoms with Gasteiger partial charge < -0.3 is 10.4 Å². The Labute approximate surface area is 131 Å². The molecule has 0 bridgehead atoms. The van der Waals surface area contributed by atoms with Gasteiger partial charge in [-0.25, -0.2) is 0 Å². The van der Waals surface area contributed by atoms with Crippen LogP contribution in [0.5, 0.6) is 5.75 Å². The van der Waals surface area contributed by atoms with Crippen molar-refractivity contribution in [1.29, 1.82) is 0 Å². The number of carbonyl (C=O) groups excluding carboxylic acids is 2. The minimum absolute atomic E-state index is 0.383. The van der Waals surface area contributed by atoms with Gasteiger partial charge in [0.2, 0.25) is 0 Å². The molecule has 1 amide bonds. The Morgan fingerprint density at radius 1 is 1.13 bits per heavy atom. The molecule has 2 aromatic carbocycles. The lowest BCUT2D eigenvalue weighted by Gasteiger charge is -2.11. The second-order valence-corrected chi connectivity index (χ2v) is 5.01. The number of hydrogen-bond acceptors (Lipinski definition) is 5. The number of rotatable bonds is 4. The summed E-state index contributed by atoms with van der Waals surface area (Å²) in [7, 11) is 0. The van der Waals surface area contributed by atoms with Crippen LogP contribution in [0.4, 0.5) is 11.4 Å². The SMILES string of the molecule is Cc1cccc(C)c1NC(=O)C(=O)c1cc([N+](=O)[O-])ccc1O. The summed E-state index contributed by atoms with van der Waals surface area (Å²) in [5, 5.41) is 22.9. The first kappa shape index (κ1) is 16.2. The van der Waals surface area contributed by atoms with E-state index in [0.29, 0.717) is 5.69 Å². The number of para-hydroxylation sites is 1. The molecule has 0 aliphatic rings. The van der Waals surface area contributed by atoms with Crippen molar-refractivity contribution in [3.05, 3.63) is 63.2 Å². The highest BCUT2D eigenvalue weighted by molar-refractivity contribution is 6.47. The molecule has 0 aromatic heterocycles. The molecule has 0 aliphatic heterocycles. The predicted molar refractivity (Wildman–Crippen MR) is 83.6 cm³/mol. The number of nitrogens with zero attached hydrogens (tertiary/aromatic N) is 1. The summed E-state index contributed by atoms with van der Waals surface area (Å²) in [6, 6.07) is 8.31. The summed E-state index contributed by atoms with van der Waals surface area (Å²) < 4.78 is 0. The van der Waals surface area contributed by atoms with E-state index in [0.717, 1.165) is 29.3 Å². The van der Waals surface area contributed by atoms with E-state index in [1.807, 2.05) is 6.07 Å². The minimum atomic E-state index is -1.05. The maximum atomic E-state index is 12.2. The van der Waals surface area contributed by atoms with Gasteiger partial charge in [0.25, 0.3) is 17.4 Å². The third-order valence-corrected chi connectivity index (χ3v) is 3.36. The molecule has 0 heterocycles. The van der Waals surface area contributed by atoms with Crippen LogP contribution >= 0.6 is 0 Å². The molecule has 0 radical (unpaired) electrons. The molecule has 118 valence electrons. The average molecular weight is 314 g/mol. The number of anilines is 1. The summed E-state index contributed by atoms with van der Waals surface area (Å²) in [5.41, 5.74) is 1.24. The number of benzene rings is 2. The van der Waals surface area contributed by atoms with Crippen molar-refractivity contribution in [1.82, 2.24) is 0 Å². The molecule has 23 heavy (non-hydrogen) atoms. The number of nitro benzene ring substituents is 1. The first-order valence-corrected chi connectivity index (χ1v) is 6.70. The van der Waals surface area contributed by atoms with Crippen LogP contribution in [-0.4, -0.2) is 21.7 Å². The summed E-state index contributed by atoms with van der Waals surface area (Å²) in [4.78, 5) is 34.3. The maximum Gasteiger partial charge on any atom is 0.296 e. The summed E-state index contributed by atoms with van der Waals surface area (Å²) in [6.45, 7) is 3.55. The number of Topliss-reactive ketones (excluding diaryl/α,β-unsaturated/α-hetero) is 1. The Balaban J connectivity index is 2.32. The number of amides is 1. The van der Waals surface area contributed by atoms with Crippen molar-refractivity contribution in [3.8, 4) is 5.75 Å². The number of non-ortho nitro benzene ring substituents is 1. The maximum absolute atomic E-state index is 12.2. The second kappa shape index (κ2) is 6.27. The van der Waals surface area contributed by atoms with Crippen LogP contribution in [0, 0.1) is 24.0 Å². The number of phenolic OH excluding ortho intramolecular Hbond substituents is 1. The zero-order valence-electron chi connectivity index (χ0n) is 12.5. The Morgan fingerprint density at radius 3 is 2.30 bits per heavy atom. The number of nitro groups is 1. The van der Waals surface area contributed by atoms with Crippen LogP contribution in [0.2, 0.25) is 0 Å². The van der Waals surface area contributed by atoms with Crippen molar-refractivity contribution >= 4 is 23.1 Å². The Kier molecular flexibility index (Phi) is 4.40. The van der Waals surface area contributed by atoms with Gasteiger partial charge in [-0.15, -0.1) is 0 Å². The van der Waals surface area contributed by atoms with Crippen LogP contribution in [-0.2, 0) is 4.79 Å². The van der Waals surface area contributed by atoms with Crippen molar-refractivity contribution in [2.75, 3.05) is 5.32 Å². The summed E-state index contributed by atoms with van der Waals surface area (Å²) in [6.07, 6.45) is 0. The standard InChI is InChI=1S/C16H14N2O5/c1-9-4-3-5-10(2)14(9)17-16(21)15(20)12-8-11(18(22)23)6-7-13(12)19/h3-8,19H,1-2H3,(H,17,21). The third kappa shape index (κ3) is 3.34. The topological polar surface area (TPSA) is 110 Å². The van der Waals surface area contributed by atoms with Crippen molar-refractivity contribution in [2.45, 2.75) is 13.8 Å². The third-order valence-electron chi connectivity index (χ3n) is 3.36. The molecular weight excluding hydrogens is 300 g/mol. The highest BCUT2D eigenvalue weighted by Crippen LogP contribution is 2.25. The first-order chi connectivity index (χ1) is 10.8. The molecule has 7 heteroatoms. The zero-order valence-corrected chi connectivity index (χ0v) is 12.5. The van der Waals surface area contributed by atoms with Gasteiger partial charge in [0.05, 0.1) is 10.5 Å². The highest BCUT2D eigenvalue weighted by Gasteiger charge is 2.23. The Morgan fingerprint density at radius 2 is 1.74 bits per heavy atom. The monoisotopic (exact) mass is 314 g/mol. The van der Waals surface area contributed by atoms with Crippen molar-refractivity contribution in [2.24, 2.45) is 0 Å². The molecule has 0 saturated carbocycles. The average Bonchev–Trinajstić information content (AvgIpc) is 2.50. The lowest BCUT2D eigenvalue weighted by atomic mass is 10.1. The van der Waals surface area contributed by atoms with E-state index in [1.165, 1.54) is 0 Å². The molecule has 0 spiro atoms. The molecular formula is C16H14N2O5. The summed E-state index contributed by atoms with van der Waals surface area (Å²) in [5.74, 6) is -2.51. The van der Waals surface area contributed by atoms with Gasteiger partial charge in [-0.3, -0.25) is 19.7 Å². The number of ketones is 1.